The maximum atomic E-state index is 12.2. The van der Waals surface area contributed by atoms with Gasteiger partial charge in [-0.15, -0.1) is 0 Å². The van der Waals surface area contributed by atoms with E-state index in [9.17, 15) is 4.79 Å². The van der Waals surface area contributed by atoms with E-state index in [2.05, 4.69) is 4.98 Å². The van der Waals surface area contributed by atoms with E-state index >= 15 is 0 Å². The maximum Gasteiger partial charge on any atom is 0.165 e. The molecule has 1 aromatic heterocycles. The molecule has 3 rings (SSSR count). The summed E-state index contributed by atoms with van der Waals surface area (Å²) in [6, 6.07) is 13.2. The van der Waals surface area contributed by atoms with Gasteiger partial charge >= 0.3 is 0 Å². The first kappa shape index (κ1) is 11.9. The van der Waals surface area contributed by atoms with Gasteiger partial charge in [-0.2, -0.15) is 0 Å². The zero-order valence-electron chi connectivity index (χ0n) is 10.6. The SMILES string of the molecule is Nc1cccnc1C1CC(C(=O)c2ccccc2)C1. The molecular formula is C16H16N2O. The highest BCUT2D eigenvalue weighted by atomic mass is 16.1. The zero-order chi connectivity index (χ0) is 13.2. The number of benzene rings is 1. The summed E-state index contributed by atoms with van der Waals surface area (Å²) in [6.45, 7) is 0. The van der Waals surface area contributed by atoms with Crippen LogP contribution in [0.4, 0.5) is 5.69 Å². The van der Waals surface area contributed by atoms with Crippen LogP contribution in [0.3, 0.4) is 0 Å². The summed E-state index contributed by atoms with van der Waals surface area (Å²) in [6.07, 6.45) is 3.47. The van der Waals surface area contributed by atoms with Gasteiger partial charge in [-0.1, -0.05) is 30.3 Å². The number of nitrogen functional groups attached to an aromatic ring is 1. The van der Waals surface area contributed by atoms with E-state index in [0.717, 1.165) is 29.8 Å². The molecule has 1 aliphatic carbocycles. The van der Waals surface area contributed by atoms with Crippen LogP contribution < -0.4 is 5.73 Å². The second kappa shape index (κ2) is 4.84. The fourth-order valence-electron chi connectivity index (χ4n) is 2.66. The number of aromatic nitrogens is 1. The van der Waals surface area contributed by atoms with Gasteiger partial charge in [0.2, 0.25) is 0 Å². The molecule has 1 fully saturated rings. The number of hydrogen-bond donors (Lipinski definition) is 1. The number of ketones is 1. The number of anilines is 1. The van der Waals surface area contributed by atoms with Crippen LogP contribution in [-0.4, -0.2) is 10.8 Å². The van der Waals surface area contributed by atoms with E-state index < -0.39 is 0 Å². The first-order valence-electron chi connectivity index (χ1n) is 6.55. The molecule has 1 aliphatic rings. The first-order valence-corrected chi connectivity index (χ1v) is 6.55. The van der Waals surface area contributed by atoms with Crippen molar-refractivity contribution in [1.82, 2.24) is 4.98 Å². The molecule has 19 heavy (non-hydrogen) atoms. The quantitative estimate of drug-likeness (QED) is 0.854. The average molecular weight is 252 g/mol. The van der Waals surface area contributed by atoms with E-state index in [1.807, 2.05) is 42.5 Å². The van der Waals surface area contributed by atoms with Crippen molar-refractivity contribution in [3.8, 4) is 0 Å². The Kier molecular flexibility index (Phi) is 3.03. The Morgan fingerprint density at radius 3 is 2.53 bits per heavy atom. The molecule has 0 atom stereocenters. The molecule has 0 saturated heterocycles. The summed E-state index contributed by atoms with van der Waals surface area (Å²) in [7, 11) is 0. The van der Waals surface area contributed by atoms with E-state index in [1.165, 1.54) is 0 Å². The van der Waals surface area contributed by atoms with Crippen molar-refractivity contribution in [3.05, 3.63) is 59.9 Å². The van der Waals surface area contributed by atoms with Crippen LogP contribution in [0.2, 0.25) is 0 Å². The number of hydrogen-bond acceptors (Lipinski definition) is 3. The first-order chi connectivity index (χ1) is 9.25. The van der Waals surface area contributed by atoms with Crippen molar-refractivity contribution >= 4 is 11.5 Å². The van der Waals surface area contributed by atoms with Crippen molar-refractivity contribution in [2.75, 3.05) is 5.73 Å². The summed E-state index contributed by atoms with van der Waals surface area (Å²) < 4.78 is 0. The number of carbonyl (C=O) groups is 1. The van der Waals surface area contributed by atoms with E-state index in [4.69, 9.17) is 5.73 Å². The molecule has 96 valence electrons. The molecule has 0 amide bonds. The Hall–Kier alpha value is -2.16. The number of nitrogens with two attached hydrogens (primary N) is 1. The summed E-state index contributed by atoms with van der Waals surface area (Å²) in [5.41, 5.74) is 8.40. The van der Waals surface area contributed by atoms with E-state index in [-0.39, 0.29) is 11.7 Å². The minimum atomic E-state index is 0.119. The van der Waals surface area contributed by atoms with Crippen molar-refractivity contribution in [3.63, 3.8) is 0 Å². The summed E-state index contributed by atoms with van der Waals surface area (Å²) in [4.78, 5) is 16.6. The predicted molar refractivity (Wildman–Crippen MR) is 74.9 cm³/mol. The fourth-order valence-corrected chi connectivity index (χ4v) is 2.66. The lowest BCUT2D eigenvalue weighted by molar-refractivity contribution is 0.0828. The number of carbonyl (C=O) groups excluding carboxylic acids is 1. The van der Waals surface area contributed by atoms with Gasteiger partial charge in [0.25, 0.3) is 0 Å². The normalized spacial score (nSPS) is 21.7. The topological polar surface area (TPSA) is 56.0 Å². The molecule has 0 unspecified atom stereocenters. The Morgan fingerprint density at radius 1 is 1.11 bits per heavy atom. The van der Waals surface area contributed by atoms with Crippen LogP contribution >= 0.6 is 0 Å². The van der Waals surface area contributed by atoms with Gasteiger partial charge in [0.15, 0.2) is 5.78 Å². The number of pyridine rings is 1. The Balaban J connectivity index is 1.68. The molecule has 0 radical (unpaired) electrons. The molecule has 1 heterocycles. The maximum absolute atomic E-state index is 12.2. The zero-order valence-corrected chi connectivity index (χ0v) is 10.6. The average Bonchev–Trinajstić information content (AvgIpc) is 2.40. The number of nitrogens with zero attached hydrogens (tertiary/aromatic N) is 1. The lowest BCUT2D eigenvalue weighted by Crippen LogP contribution is -2.30. The highest BCUT2D eigenvalue weighted by Crippen LogP contribution is 2.43. The second-order valence-corrected chi connectivity index (χ2v) is 5.07. The Labute approximate surface area is 112 Å². The largest absolute Gasteiger partial charge is 0.397 e. The van der Waals surface area contributed by atoms with Crippen LogP contribution in [-0.2, 0) is 0 Å². The molecule has 3 nitrogen and oxygen atoms in total. The van der Waals surface area contributed by atoms with E-state index in [1.54, 1.807) is 6.20 Å². The predicted octanol–water partition coefficient (Wildman–Crippen LogP) is 3.04. The van der Waals surface area contributed by atoms with Gasteiger partial charge in [0.1, 0.15) is 0 Å². The fraction of sp³-hybridized carbons (Fsp3) is 0.250. The van der Waals surface area contributed by atoms with Gasteiger partial charge in [0, 0.05) is 23.6 Å². The highest BCUT2D eigenvalue weighted by molar-refractivity contribution is 5.98. The molecular weight excluding hydrogens is 236 g/mol. The molecule has 0 spiro atoms. The highest BCUT2D eigenvalue weighted by Gasteiger charge is 2.37. The van der Waals surface area contributed by atoms with Crippen LogP contribution in [0.15, 0.2) is 48.7 Å². The van der Waals surface area contributed by atoms with Crippen LogP contribution in [0.5, 0.6) is 0 Å². The van der Waals surface area contributed by atoms with Crippen LogP contribution in [0.1, 0.15) is 34.8 Å². The Bertz CT molecular complexity index is 589. The third-order valence-electron chi connectivity index (χ3n) is 3.83. The molecule has 0 aliphatic heterocycles. The summed E-state index contributed by atoms with van der Waals surface area (Å²) in [5.74, 6) is 0.694. The summed E-state index contributed by atoms with van der Waals surface area (Å²) in [5, 5.41) is 0. The lowest BCUT2D eigenvalue weighted by atomic mass is 9.69. The van der Waals surface area contributed by atoms with Crippen molar-refractivity contribution in [2.24, 2.45) is 5.92 Å². The molecule has 2 N–H and O–H groups in total. The lowest BCUT2D eigenvalue weighted by Gasteiger charge is -2.34. The minimum absolute atomic E-state index is 0.119. The molecule has 1 saturated carbocycles. The third-order valence-corrected chi connectivity index (χ3v) is 3.83. The number of rotatable bonds is 3. The number of Topliss-reactive ketones (excluding diaryl/α,β-unsaturated/α-hetero) is 1. The van der Waals surface area contributed by atoms with Gasteiger partial charge in [0.05, 0.1) is 11.4 Å². The Morgan fingerprint density at radius 2 is 1.84 bits per heavy atom. The molecule has 3 heteroatoms. The third kappa shape index (κ3) is 2.24. The van der Waals surface area contributed by atoms with Gasteiger partial charge in [-0.3, -0.25) is 9.78 Å². The van der Waals surface area contributed by atoms with Crippen molar-refractivity contribution in [2.45, 2.75) is 18.8 Å². The van der Waals surface area contributed by atoms with Crippen molar-refractivity contribution in [1.29, 1.82) is 0 Å². The van der Waals surface area contributed by atoms with Gasteiger partial charge in [-0.25, -0.2) is 0 Å². The molecule has 1 aromatic carbocycles. The van der Waals surface area contributed by atoms with Crippen LogP contribution in [0, 0.1) is 5.92 Å². The molecule has 2 aromatic rings. The van der Waals surface area contributed by atoms with Gasteiger partial charge in [-0.05, 0) is 25.0 Å². The monoisotopic (exact) mass is 252 g/mol. The minimum Gasteiger partial charge on any atom is -0.397 e. The van der Waals surface area contributed by atoms with E-state index in [0.29, 0.717) is 5.92 Å². The van der Waals surface area contributed by atoms with Crippen molar-refractivity contribution < 1.29 is 4.79 Å². The molecule has 0 bridgehead atoms. The second-order valence-electron chi connectivity index (χ2n) is 5.07. The van der Waals surface area contributed by atoms with Crippen LogP contribution in [0.25, 0.3) is 0 Å². The van der Waals surface area contributed by atoms with Gasteiger partial charge < -0.3 is 5.73 Å². The standard InChI is InChI=1S/C16H16N2O/c17-14-7-4-8-18-15(14)12-9-13(10-12)16(19)11-5-2-1-3-6-11/h1-8,12-13H,9-10,17H2. The smallest absolute Gasteiger partial charge is 0.165 e. The summed E-state index contributed by atoms with van der Waals surface area (Å²) >= 11 is 0.